The second-order valence-electron chi connectivity index (χ2n) is 10.8. The number of methoxy groups -OCH3 is 1. The first-order chi connectivity index (χ1) is 22.0. The number of ether oxygens (including phenoxy) is 1. The molecule has 46 heavy (non-hydrogen) atoms. The predicted molar refractivity (Wildman–Crippen MR) is 183 cm³/mol. The highest BCUT2D eigenvalue weighted by atomic mass is 35.5. The molecule has 0 heterocycles. The van der Waals surface area contributed by atoms with Gasteiger partial charge in [-0.1, -0.05) is 90.3 Å². The van der Waals surface area contributed by atoms with Crippen LogP contribution >= 0.6 is 23.2 Å². The second kappa shape index (κ2) is 16.0. The fraction of sp³-hybridized carbons (Fsp3) is 0.257. The normalized spacial score (nSPS) is 11.8. The van der Waals surface area contributed by atoms with E-state index in [0.29, 0.717) is 23.7 Å². The molecular formula is C35H37Cl2N3O5S. The highest BCUT2D eigenvalue weighted by Gasteiger charge is 2.34. The molecule has 0 aromatic heterocycles. The number of carbonyl (C=O) groups is 2. The second-order valence-corrected chi connectivity index (χ2v) is 13.5. The first-order valence-corrected chi connectivity index (χ1v) is 17.0. The van der Waals surface area contributed by atoms with Crippen LogP contribution in [-0.2, 0) is 32.6 Å². The highest BCUT2D eigenvalue weighted by Crippen LogP contribution is 2.32. The van der Waals surface area contributed by atoms with Crippen LogP contribution in [0.25, 0.3) is 0 Å². The first-order valence-electron chi connectivity index (χ1n) is 14.8. The van der Waals surface area contributed by atoms with Crippen LogP contribution in [0.3, 0.4) is 0 Å². The quantitative estimate of drug-likeness (QED) is 0.160. The van der Waals surface area contributed by atoms with E-state index >= 15 is 0 Å². The molecule has 4 rings (SSSR count). The van der Waals surface area contributed by atoms with Crippen molar-refractivity contribution in [2.75, 3.05) is 24.5 Å². The van der Waals surface area contributed by atoms with E-state index in [2.05, 4.69) is 5.32 Å². The third-order valence-corrected chi connectivity index (χ3v) is 9.73. The Bertz CT molecular complexity index is 1730. The topological polar surface area (TPSA) is 96.0 Å². The number of rotatable bonds is 14. The van der Waals surface area contributed by atoms with Crippen LogP contribution in [0.4, 0.5) is 5.69 Å². The molecule has 0 bridgehead atoms. The highest BCUT2D eigenvalue weighted by molar-refractivity contribution is 7.92. The van der Waals surface area contributed by atoms with Crippen molar-refractivity contribution in [2.24, 2.45) is 0 Å². The summed E-state index contributed by atoms with van der Waals surface area (Å²) in [5.74, 6) is -0.567. The third kappa shape index (κ3) is 8.81. The van der Waals surface area contributed by atoms with Crippen molar-refractivity contribution in [3.8, 4) is 5.75 Å². The number of hydrogen-bond donors (Lipinski definition) is 1. The van der Waals surface area contributed by atoms with Crippen molar-refractivity contribution >= 4 is 50.7 Å². The van der Waals surface area contributed by atoms with Crippen molar-refractivity contribution in [1.29, 1.82) is 0 Å². The summed E-state index contributed by atoms with van der Waals surface area (Å²) in [6.45, 7) is 3.65. The number of benzene rings is 4. The standard InChI is InChI=1S/C35H37Cl2N3O5S/c1-4-20-38-35(42)32(21-26-8-6-5-7-9-26)39(23-27-12-14-28(36)15-13-27)34(41)24-40(29-16-19-33(45-3)31(37)22-29)46(43,44)30-17-10-25(2)11-18-30/h5-19,22,32H,4,20-21,23-24H2,1-3H3,(H,38,42). The van der Waals surface area contributed by atoms with Crippen LogP contribution in [-0.4, -0.2) is 51.4 Å². The Labute approximate surface area is 280 Å². The van der Waals surface area contributed by atoms with E-state index in [-0.39, 0.29) is 34.5 Å². The van der Waals surface area contributed by atoms with Gasteiger partial charge in [0.15, 0.2) is 0 Å². The van der Waals surface area contributed by atoms with E-state index in [1.807, 2.05) is 44.2 Å². The summed E-state index contributed by atoms with van der Waals surface area (Å²) < 4.78 is 34.7. The van der Waals surface area contributed by atoms with E-state index in [4.69, 9.17) is 27.9 Å². The van der Waals surface area contributed by atoms with Gasteiger partial charge in [-0.05, 0) is 66.9 Å². The summed E-state index contributed by atoms with van der Waals surface area (Å²) in [7, 11) is -2.81. The maximum atomic E-state index is 14.5. The van der Waals surface area contributed by atoms with Gasteiger partial charge < -0.3 is 15.0 Å². The minimum absolute atomic E-state index is 0.00335. The van der Waals surface area contributed by atoms with Crippen molar-refractivity contribution in [3.63, 3.8) is 0 Å². The van der Waals surface area contributed by atoms with E-state index in [1.54, 1.807) is 42.5 Å². The van der Waals surface area contributed by atoms with Gasteiger partial charge in [0.05, 0.1) is 22.7 Å². The Morgan fingerprint density at radius 3 is 2.17 bits per heavy atom. The summed E-state index contributed by atoms with van der Waals surface area (Å²) in [6, 6.07) is 26.3. The SMILES string of the molecule is CCCNC(=O)C(Cc1ccccc1)N(Cc1ccc(Cl)cc1)C(=O)CN(c1ccc(OC)c(Cl)c1)S(=O)(=O)c1ccc(C)cc1. The van der Waals surface area contributed by atoms with Gasteiger partial charge in [-0.3, -0.25) is 13.9 Å². The smallest absolute Gasteiger partial charge is 0.264 e. The Kier molecular flexibility index (Phi) is 12.1. The van der Waals surface area contributed by atoms with Gasteiger partial charge in [0.25, 0.3) is 10.0 Å². The fourth-order valence-electron chi connectivity index (χ4n) is 4.88. The molecule has 4 aromatic rings. The largest absolute Gasteiger partial charge is 0.495 e. The average Bonchev–Trinajstić information content (AvgIpc) is 3.05. The van der Waals surface area contributed by atoms with Gasteiger partial charge in [0, 0.05) is 24.5 Å². The molecular weight excluding hydrogens is 645 g/mol. The number of hydrogen-bond acceptors (Lipinski definition) is 5. The number of halogens is 2. The summed E-state index contributed by atoms with van der Waals surface area (Å²) >= 11 is 12.6. The van der Waals surface area contributed by atoms with Gasteiger partial charge >= 0.3 is 0 Å². The lowest BCUT2D eigenvalue weighted by Gasteiger charge is -2.34. The van der Waals surface area contributed by atoms with Gasteiger partial charge in [0.1, 0.15) is 18.3 Å². The molecule has 0 radical (unpaired) electrons. The van der Waals surface area contributed by atoms with Crippen LogP contribution in [0, 0.1) is 6.92 Å². The Balaban J connectivity index is 1.81. The number of carbonyl (C=O) groups excluding carboxylic acids is 2. The minimum atomic E-state index is -4.26. The van der Waals surface area contributed by atoms with E-state index in [9.17, 15) is 18.0 Å². The van der Waals surface area contributed by atoms with Gasteiger partial charge in [-0.25, -0.2) is 8.42 Å². The van der Waals surface area contributed by atoms with Crippen molar-refractivity contribution in [2.45, 2.75) is 44.2 Å². The zero-order chi connectivity index (χ0) is 33.3. The van der Waals surface area contributed by atoms with Crippen molar-refractivity contribution in [3.05, 3.63) is 124 Å². The summed E-state index contributed by atoms with van der Waals surface area (Å²) in [5.41, 5.74) is 2.62. The Morgan fingerprint density at radius 1 is 0.891 bits per heavy atom. The Morgan fingerprint density at radius 2 is 1.57 bits per heavy atom. The van der Waals surface area contributed by atoms with E-state index in [1.165, 1.54) is 36.3 Å². The molecule has 0 fully saturated rings. The predicted octanol–water partition coefficient (Wildman–Crippen LogP) is 6.67. The van der Waals surface area contributed by atoms with Gasteiger partial charge in [-0.15, -0.1) is 0 Å². The van der Waals surface area contributed by atoms with E-state index < -0.39 is 28.5 Å². The molecule has 1 N–H and O–H groups in total. The fourth-order valence-corrected chi connectivity index (χ4v) is 6.67. The maximum Gasteiger partial charge on any atom is 0.264 e. The molecule has 1 atom stereocenters. The molecule has 242 valence electrons. The van der Waals surface area contributed by atoms with Crippen molar-refractivity contribution in [1.82, 2.24) is 10.2 Å². The van der Waals surface area contributed by atoms with Crippen LogP contribution in [0.2, 0.25) is 10.0 Å². The molecule has 0 aliphatic carbocycles. The maximum absolute atomic E-state index is 14.5. The summed E-state index contributed by atoms with van der Waals surface area (Å²) in [5, 5.41) is 3.63. The lowest BCUT2D eigenvalue weighted by atomic mass is 10.0. The zero-order valence-electron chi connectivity index (χ0n) is 26.0. The zero-order valence-corrected chi connectivity index (χ0v) is 28.3. The lowest BCUT2D eigenvalue weighted by Crippen LogP contribution is -2.53. The number of nitrogens with zero attached hydrogens (tertiary/aromatic N) is 2. The molecule has 4 aromatic carbocycles. The average molecular weight is 683 g/mol. The van der Waals surface area contributed by atoms with Crippen LogP contribution < -0.4 is 14.4 Å². The summed E-state index contributed by atoms with van der Waals surface area (Å²) in [4.78, 5) is 29.7. The molecule has 2 amide bonds. The van der Waals surface area contributed by atoms with Gasteiger partial charge in [-0.2, -0.15) is 0 Å². The van der Waals surface area contributed by atoms with Crippen LogP contribution in [0.1, 0.15) is 30.0 Å². The van der Waals surface area contributed by atoms with Crippen molar-refractivity contribution < 1.29 is 22.7 Å². The third-order valence-electron chi connectivity index (χ3n) is 7.40. The molecule has 0 aliphatic rings. The van der Waals surface area contributed by atoms with Crippen LogP contribution in [0.15, 0.2) is 102 Å². The molecule has 0 aliphatic heterocycles. The van der Waals surface area contributed by atoms with Gasteiger partial charge in [0.2, 0.25) is 11.8 Å². The van der Waals surface area contributed by atoms with E-state index in [0.717, 1.165) is 21.0 Å². The number of nitrogens with one attached hydrogen (secondary N) is 1. The molecule has 1 unspecified atom stereocenters. The minimum Gasteiger partial charge on any atom is -0.495 e. The monoisotopic (exact) mass is 681 g/mol. The molecule has 0 saturated heterocycles. The van der Waals surface area contributed by atoms with Crippen LogP contribution in [0.5, 0.6) is 5.75 Å². The summed E-state index contributed by atoms with van der Waals surface area (Å²) in [6.07, 6.45) is 0.921. The number of aryl methyl sites for hydroxylation is 1. The Hall–Kier alpha value is -4.05. The molecule has 11 heteroatoms. The number of sulfonamides is 1. The molecule has 0 spiro atoms. The molecule has 0 saturated carbocycles. The number of amides is 2. The lowest BCUT2D eigenvalue weighted by molar-refractivity contribution is -0.140. The molecule has 8 nitrogen and oxygen atoms in total. The first kappa shape index (κ1) is 34.8. The number of anilines is 1.